The van der Waals surface area contributed by atoms with E-state index in [0.717, 1.165) is 51.4 Å². The summed E-state index contributed by atoms with van der Waals surface area (Å²) in [7, 11) is 0. The first-order chi connectivity index (χ1) is 48.0. The van der Waals surface area contributed by atoms with E-state index in [1.54, 1.807) is 6.08 Å². The van der Waals surface area contributed by atoms with E-state index in [-0.39, 0.29) is 18.5 Å². The van der Waals surface area contributed by atoms with Gasteiger partial charge in [0.25, 0.3) is 0 Å². The number of allylic oxidation sites excluding steroid dienone is 7. The van der Waals surface area contributed by atoms with Crippen LogP contribution in [0.2, 0.25) is 0 Å². The molecule has 0 rings (SSSR count). The standard InChI is InChI=1S/C91H173NO5/c1-3-5-7-9-11-13-15-17-19-21-23-24-25-39-42-45-48-51-55-59-63-67-71-75-79-83-89(94)88(87-93)92-90(95)84-80-76-72-68-64-60-56-52-49-46-43-40-37-35-33-31-29-27-26-28-30-32-34-36-38-41-44-47-50-54-58-62-66-70-74-78-82-86-97-91(96)85-81-77-73-69-65-61-57-53-22-20-18-16-14-12-10-8-6-4-2/h20,22,26,28,32,34,79,83,88-89,93-94H,3-19,21,23-25,27,29-31,33,35-78,80-82,84-87H2,1-2H3,(H,92,95)/b22-20-,28-26-,34-32-,83-79+. The molecule has 2 atom stereocenters. The molecule has 0 fully saturated rings. The molecule has 0 bridgehead atoms. The molecule has 0 heterocycles. The molecule has 0 aromatic heterocycles. The minimum absolute atomic E-state index is 0.0165. The van der Waals surface area contributed by atoms with Crippen LogP contribution in [0.15, 0.2) is 48.6 Å². The predicted molar refractivity (Wildman–Crippen MR) is 430 cm³/mol. The number of esters is 1. The molecule has 0 spiro atoms. The largest absolute Gasteiger partial charge is 0.466 e. The summed E-state index contributed by atoms with van der Waals surface area (Å²) in [6.07, 6.45) is 116. The number of carbonyl (C=O) groups is 2. The van der Waals surface area contributed by atoms with E-state index < -0.39 is 12.1 Å². The molecule has 0 aromatic carbocycles. The maximum atomic E-state index is 12.6. The second-order valence-electron chi connectivity index (χ2n) is 30.6. The van der Waals surface area contributed by atoms with Crippen LogP contribution in [0.5, 0.6) is 0 Å². The predicted octanol–water partition coefficient (Wildman–Crippen LogP) is 29.9. The molecule has 2 unspecified atom stereocenters. The number of rotatable bonds is 84. The number of hydrogen-bond acceptors (Lipinski definition) is 5. The van der Waals surface area contributed by atoms with Crippen LogP contribution in [0, 0.1) is 0 Å². The Kier molecular flexibility index (Phi) is 84.3. The topological polar surface area (TPSA) is 95.9 Å². The van der Waals surface area contributed by atoms with Crippen molar-refractivity contribution >= 4 is 11.9 Å². The minimum Gasteiger partial charge on any atom is -0.466 e. The Balaban J connectivity index is 3.38. The lowest BCUT2D eigenvalue weighted by Crippen LogP contribution is -2.45. The Hall–Kier alpha value is -2.18. The van der Waals surface area contributed by atoms with Crippen LogP contribution in [0.3, 0.4) is 0 Å². The number of aliphatic hydroxyl groups is 2. The first-order valence-corrected chi connectivity index (χ1v) is 44.4. The quantitative estimate of drug-likeness (QED) is 0.0320. The van der Waals surface area contributed by atoms with Crippen molar-refractivity contribution in [3.05, 3.63) is 48.6 Å². The van der Waals surface area contributed by atoms with Crippen molar-refractivity contribution in [2.24, 2.45) is 0 Å². The Bertz CT molecular complexity index is 1620. The summed E-state index contributed by atoms with van der Waals surface area (Å²) in [6, 6.07) is -0.628. The Labute approximate surface area is 607 Å². The SMILES string of the molecule is CCCCCCCCC/C=C\CCCCCCCCCC(=O)OCCCCCCCCCCCCCCC/C=C\C/C=C\CCCCCCCCCCCCCCCCCCCC(=O)NC(CO)C(O)/C=C/CCCCCCCCCCCCCCCCCCCCCCCCC. The fourth-order valence-corrected chi connectivity index (χ4v) is 14.1. The van der Waals surface area contributed by atoms with Gasteiger partial charge in [-0.1, -0.05) is 441 Å². The molecule has 6 nitrogen and oxygen atoms in total. The molecule has 0 saturated heterocycles. The molecular formula is C91H173NO5. The van der Waals surface area contributed by atoms with Gasteiger partial charge in [-0.25, -0.2) is 0 Å². The van der Waals surface area contributed by atoms with Gasteiger partial charge in [0.05, 0.1) is 25.4 Å². The highest BCUT2D eigenvalue weighted by Crippen LogP contribution is 2.20. The van der Waals surface area contributed by atoms with Crippen molar-refractivity contribution in [1.29, 1.82) is 0 Å². The van der Waals surface area contributed by atoms with Crippen molar-refractivity contribution in [3.8, 4) is 0 Å². The van der Waals surface area contributed by atoms with Crippen LogP contribution in [0.4, 0.5) is 0 Å². The van der Waals surface area contributed by atoms with Gasteiger partial charge in [-0.3, -0.25) is 9.59 Å². The first-order valence-electron chi connectivity index (χ1n) is 44.4. The van der Waals surface area contributed by atoms with Crippen LogP contribution in [-0.2, 0) is 14.3 Å². The summed E-state index contributed by atoms with van der Waals surface area (Å²) < 4.78 is 5.51. The van der Waals surface area contributed by atoms with Gasteiger partial charge < -0.3 is 20.3 Å². The maximum absolute atomic E-state index is 12.6. The zero-order valence-corrected chi connectivity index (χ0v) is 65.8. The summed E-state index contributed by atoms with van der Waals surface area (Å²) in [5.41, 5.74) is 0. The Morgan fingerprint density at radius 2 is 0.515 bits per heavy atom. The van der Waals surface area contributed by atoms with E-state index >= 15 is 0 Å². The number of unbranched alkanes of at least 4 members (excludes halogenated alkanes) is 67. The lowest BCUT2D eigenvalue weighted by atomic mass is 10.0. The smallest absolute Gasteiger partial charge is 0.305 e. The molecule has 3 N–H and O–H groups in total. The van der Waals surface area contributed by atoms with Gasteiger partial charge >= 0.3 is 5.97 Å². The van der Waals surface area contributed by atoms with Crippen LogP contribution < -0.4 is 5.32 Å². The third-order valence-corrected chi connectivity index (χ3v) is 20.8. The minimum atomic E-state index is -0.845. The molecule has 0 saturated carbocycles. The third-order valence-electron chi connectivity index (χ3n) is 20.8. The van der Waals surface area contributed by atoms with Gasteiger partial charge in [-0.05, 0) is 89.9 Å². The lowest BCUT2D eigenvalue weighted by Gasteiger charge is -2.20. The highest BCUT2D eigenvalue weighted by Gasteiger charge is 2.18. The molecule has 0 aliphatic heterocycles. The van der Waals surface area contributed by atoms with E-state index in [0.29, 0.717) is 19.4 Å². The highest BCUT2D eigenvalue weighted by molar-refractivity contribution is 5.76. The van der Waals surface area contributed by atoms with Crippen LogP contribution in [0.1, 0.15) is 495 Å². The molecule has 0 aliphatic rings. The van der Waals surface area contributed by atoms with Crippen molar-refractivity contribution in [1.82, 2.24) is 5.32 Å². The second kappa shape index (κ2) is 86.2. The molecule has 572 valence electrons. The number of ether oxygens (including phenoxy) is 1. The third kappa shape index (κ3) is 82.7. The molecule has 6 heteroatoms. The van der Waals surface area contributed by atoms with Crippen molar-refractivity contribution in [2.45, 2.75) is 508 Å². The number of nitrogens with one attached hydrogen (secondary N) is 1. The van der Waals surface area contributed by atoms with Crippen molar-refractivity contribution in [3.63, 3.8) is 0 Å². The van der Waals surface area contributed by atoms with Crippen molar-refractivity contribution < 1.29 is 24.5 Å². The molecule has 97 heavy (non-hydrogen) atoms. The number of hydrogen-bond donors (Lipinski definition) is 3. The van der Waals surface area contributed by atoms with E-state index in [4.69, 9.17) is 4.74 Å². The normalized spacial score (nSPS) is 12.7. The van der Waals surface area contributed by atoms with Crippen LogP contribution in [-0.4, -0.2) is 47.4 Å². The molecular weight excluding hydrogens is 1190 g/mol. The second-order valence-corrected chi connectivity index (χ2v) is 30.6. The summed E-state index contributed by atoms with van der Waals surface area (Å²) in [4.78, 5) is 24.7. The number of carbonyl (C=O) groups excluding carboxylic acids is 2. The average Bonchev–Trinajstić information content (AvgIpc) is 3.68. The van der Waals surface area contributed by atoms with E-state index in [2.05, 4.69) is 55.6 Å². The van der Waals surface area contributed by atoms with E-state index in [1.165, 1.54) is 417 Å². The van der Waals surface area contributed by atoms with Gasteiger partial charge in [0.1, 0.15) is 0 Å². The fourth-order valence-electron chi connectivity index (χ4n) is 14.1. The average molecular weight is 1360 g/mol. The van der Waals surface area contributed by atoms with Crippen LogP contribution in [0.25, 0.3) is 0 Å². The Morgan fingerprint density at radius 1 is 0.289 bits per heavy atom. The summed E-state index contributed by atoms with van der Waals surface area (Å²) >= 11 is 0. The van der Waals surface area contributed by atoms with Gasteiger partial charge in [0.2, 0.25) is 5.91 Å². The molecule has 0 aromatic rings. The maximum Gasteiger partial charge on any atom is 0.305 e. The lowest BCUT2D eigenvalue weighted by molar-refractivity contribution is -0.143. The monoisotopic (exact) mass is 1360 g/mol. The van der Waals surface area contributed by atoms with E-state index in [1.807, 2.05) is 6.08 Å². The van der Waals surface area contributed by atoms with Gasteiger partial charge in [-0.15, -0.1) is 0 Å². The first kappa shape index (κ1) is 94.8. The van der Waals surface area contributed by atoms with Crippen molar-refractivity contribution in [2.75, 3.05) is 13.2 Å². The molecule has 1 amide bonds. The van der Waals surface area contributed by atoms with Gasteiger partial charge in [0.15, 0.2) is 0 Å². The Morgan fingerprint density at radius 3 is 0.794 bits per heavy atom. The summed E-state index contributed by atoms with van der Waals surface area (Å²) in [5.74, 6) is -0.0434. The fraction of sp³-hybridized carbons (Fsp3) is 0.890. The highest BCUT2D eigenvalue weighted by atomic mass is 16.5. The zero-order chi connectivity index (χ0) is 69.8. The summed E-state index contributed by atoms with van der Waals surface area (Å²) in [6.45, 7) is 4.96. The molecule has 0 aliphatic carbocycles. The van der Waals surface area contributed by atoms with Crippen LogP contribution >= 0.6 is 0 Å². The number of aliphatic hydroxyl groups excluding tert-OH is 2. The zero-order valence-electron chi connectivity index (χ0n) is 65.8. The molecule has 0 radical (unpaired) electrons. The number of amides is 1. The van der Waals surface area contributed by atoms with Gasteiger partial charge in [-0.2, -0.15) is 0 Å². The summed E-state index contributed by atoms with van der Waals surface area (Å²) in [5, 5.41) is 23.3. The van der Waals surface area contributed by atoms with Gasteiger partial charge in [0, 0.05) is 12.8 Å². The van der Waals surface area contributed by atoms with E-state index in [9.17, 15) is 19.8 Å².